The summed E-state index contributed by atoms with van der Waals surface area (Å²) >= 11 is 3.15. The summed E-state index contributed by atoms with van der Waals surface area (Å²) in [4.78, 5) is 2.06. The second-order valence-corrected chi connectivity index (χ2v) is 5.17. The van der Waals surface area contributed by atoms with Crippen LogP contribution in [0.15, 0.2) is 16.6 Å². The molecule has 1 saturated heterocycles. The highest BCUT2D eigenvalue weighted by atomic mass is 79.9. The molecule has 0 spiro atoms. The van der Waals surface area contributed by atoms with Gasteiger partial charge in [0.2, 0.25) is 0 Å². The quantitative estimate of drug-likeness (QED) is 0.832. The number of benzene rings is 1. The molecule has 1 aromatic carbocycles. The lowest BCUT2D eigenvalue weighted by Gasteiger charge is -2.20. The van der Waals surface area contributed by atoms with Gasteiger partial charge >= 0.3 is 0 Å². The van der Waals surface area contributed by atoms with Crippen LogP contribution in [-0.2, 0) is 0 Å². The second-order valence-electron chi connectivity index (χ2n) is 4.38. The Hall–Kier alpha value is -1.08. The molecule has 2 rings (SSSR count). The van der Waals surface area contributed by atoms with E-state index < -0.39 is 0 Å². The first-order chi connectivity index (χ1) is 8.17. The van der Waals surface area contributed by atoms with Gasteiger partial charge in [0, 0.05) is 13.1 Å². The van der Waals surface area contributed by atoms with E-state index in [1.807, 2.05) is 6.07 Å². The molecule has 1 atom stereocenters. The van der Waals surface area contributed by atoms with E-state index in [2.05, 4.69) is 27.8 Å². The van der Waals surface area contributed by atoms with Crippen molar-refractivity contribution < 1.29 is 4.39 Å². The zero-order valence-electron chi connectivity index (χ0n) is 9.71. The molecule has 0 aliphatic carbocycles. The van der Waals surface area contributed by atoms with E-state index in [1.165, 1.54) is 0 Å². The van der Waals surface area contributed by atoms with Gasteiger partial charge in [0.25, 0.3) is 0 Å². The average molecular weight is 297 g/mol. The molecule has 0 bridgehead atoms. The molecule has 2 nitrogen and oxygen atoms in total. The number of hydrogen-bond acceptors (Lipinski definition) is 2. The Kier molecular flexibility index (Phi) is 3.68. The van der Waals surface area contributed by atoms with E-state index >= 15 is 0 Å². The second kappa shape index (κ2) is 5.05. The van der Waals surface area contributed by atoms with E-state index in [4.69, 9.17) is 5.26 Å². The number of rotatable bonds is 2. The van der Waals surface area contributed by atoms with Crippen LogP contribution in [0.25, 0.3) is 0 Å². The third-order valence-electron chi connectivity index (χ3n) is 3.39. The van der Waals surface area contributed by atoms with Crippen molar-refractivity contribution in [3.8, 4) is 6.07 Å². The highest BCUT2D eigenvalue weighted by Gasteiger charge is 2.24. The standard InChI is InChI=1S/C13H14BrFN2/c1-2-9-5-6-17(8-9)11-4-3-10(7-16)12(14)13(11)15/h3-4,9H,2,5-6,8H2,1H3. The molecule has 0 radical (unpaired) electrons. The van der Waals surface area contributed by atoms with Gasteiger partial charge in [-0.05, 0) is 40.4 Å². The van der Waals surface area contributed by atoms with E-state index in [0.29, 0.717) is 17.2 Å². The molecule has 4 heteroatoms. The lowest BCUT2D eigenvalue weighted by atomic mass is 10.1. The summed E-state index contributed by atoms with van der Waals surface area (Å²) in [5.41, 5.74) is 0.948. The summed E-state index contributed by atoms with van der Waals surface area (Å²) in [6.07, 6.45) is 2.25. The van der Waals surface area contributed by atoms with Crippen molar-refractivity contribution in [2.75, 3.05) is 18.0 Å². The number of halogens is 2. The number of nitrogens with zero attached hydrogens (tertiary/aromatic N) is 2. The van der Waals surface area contributed by atoms with Crippen molar-refractivity contribution in [2.45, 2.75) is 19.8 Å². The van der Waals surface area contributed by atoms with Crippen LogP contribution in [0.2, 0.25) is 0 Å². The van der Waals surface area contributed by atoms with Crippen molar-refractivity contribution in [2.24, 2.45) is 5.92 Å². The lowest BCUT2D eigenvalue weighted by Crippen LogP contribution is -2.20. The van der Waals surface area contributed by atoms with Gasteiger partial charge in [0.1, 0.15) is 6.07 Å². The number of anilines is 1. The zero-order valence-corrected chi connectivity index (χ0v) is 11.3. The third kappa shape index (κ3) is 2.30. The van der Waals surface area contributed by atoms with Crippen LogP contribution >= 0.6 is 15.9 Å². The molecule has 1 unspecified atom stereocenters. The topological polar surface area (TPSA) is 27.0 Å². The van der Waals surface area contributed by atoms with Crippen LogP contribution in [-0.4, -0.2) is 13.1 Å². The molecule has 17 heavy (non-hydrogen) atoms. The van der Waals surface area contributed by atoms with Gasteiger partial charge in [0.15, 0.2) is 5.82 Å². The van der Waals surface area contributed by atoms with E-state index in [0.717, 1.165) is 25.9 Å². The molecule has 1 heterocycles. The van der Waals surface area contributed by atoms with Crippen molar-refractivity contribution in [1.82, 2.24) is 0 Å². The number of nitriles is 1. The largest absolute Gasteiger partial charge is 0.369 e. The predicted octanol–water partition coefficient (Wildman–Crippen LogP) is 3.70. The van der Waals surface area contributed by atoms with Gasteiger partial charge in [-0.15, -0.1) is 0 Å². The Morgan fingerprint density at radius 3 is 2.94 bits per heavy atom. The van der Waals surface area contributed by atoms with E-state index in [9.17, 15) is 4.39 Å². The van der Waals surface area contributed by atoms with Crippen LogP contribution in [0, 0.1) is 23.1 Å². The van der Waals surface area contributed by atoms with Gasteiger partial charge in [-0.3, -0.25) is 0 Å². The molecule has 90 valence electrons. The minimum absolute atomic E-state index is 0.275. The normalized spacial score (nSPS) is 19.4. The van der Waals surface area contributed by atoms with Crippen LogP contribution in [0.5, 0.6) is 0 Å². The summed E-state index contributed by atoms with van der Waals surface area (Å²) < 4.78 is 14.4. The van der Waals surface area contributed by atoms with Crippen LogP contribution in [0.4, 0.5) is 10.1 Å². The molecule has 1 fully saturated rings. The number of hydrogen-bond donors (Lipinski definition) is 0. The van der Waals surface area contributed by atoms with Crippen LogP contribution in [0.3, 0.4) is 0 Å². The Bertz CT molecular complexity index is 467. The summed E-state index contributed by atoms with van der Waals surface area (Å²) in [6, 6.07) is 5.34. The highest BCUT2D eigenvalue weighted by molar-refractivity contribution is 9.10. The summed E-state index contributed by atoms with van der Waals surface area (Å²) in [5.74, 6) is 0.338. The minimum atomic E-state index is -0.319. The van der Waals surface area contributed by atoms with Gasteiger partial charge in [0.05, 0.1) is 15.7 Å². The van der Waals surface area contributed by atoms with Crippen molar-refractivity contribution in [3.05, 3.63) is 28.0 Å². The molecule has 1 aliphatic heterocycles. The molecule has 1 aliphatic rings. The minimum Gasteiger partial charge on any atom is -0.369 e. The fourth-order valence-corrected chi connectivity index (χ4v) is 2.68. The Labute approximate surface area is 109 Å². The maximum Gasteiger partial charge on any atom is 0.161 e. The average Bonchev–Trinajstić information content (AvgIpc) is 2.81. The fourth-order valence-electron chi connectivity index (χ4n) is 2.25. The Morgan fingerprint density at radius 1 is 1.59 bits per heavy atom. The van der Waals surface area contributed by atoms with E-state index in [1.54, 1.807) is 12.1 Å². The first-order valence-electron chi connectivity index (χ1n) is 5.80. The third-order valence-corrected chi connectivity index (χ3v) is 4.16. The zero-order chi connectivity index (χ0) is 12.4. The van der Waals surface area contributed by atoms with Gasteiger partial charge in [-0.25, -0.2) is 4.39 Å². The monoisotopic (exact) mass is 296 g/mol. The van der Waals surface area contributed by atoms with Crippen LogP contribution in [0.1, 0.15) is 25.3 Å². The SMILES string of the molecule is CCC1CCN(c2ccc(C#N)c(Br)c2F)C1. The predicted molar refractivity (Wildman–Crippen MR) is 69.4 cm³/mol. The van der Waals surface area contributed by atoms with E-state index in [-0.39, 0.29) is 10.3 Å². The molecule has 0 aromatic heterocycles. The molecular formula is C13H14BrFN2. The summed E-state index contributed by atoms with van der Waals surface area (Å²) in [6.45, 7) is 3.97. The Balaban J connectivity index is 2.29. The lowest BCUT2D eigenvalue weighted by molar-refractivity contribution is 0.566. The maximum atomic E-state index is 14.1. The smallest absolute Gasteiger partial charge is 0.161 e. The van der Waals surface area contributed by atoms with Gasteiger partial charge in [-0.1, -0.05) is 13.3 Å². The molecule has 0 N–H and O–H groups in total. The Morgan fingerprint density at radius 2 is 2.35 bits per heavy atom. The maximum absolute atomic E-state index is 14.1. The van der Waals surface area contributed by atoms with Gasteiger partial charge in [-0.2, -0.15) is 5.26 Å². The molecular weight excluding hydrogens is 283 g/mol. The van der Waals surface area contributed by atoms with Crippen molar-refractivity contribution >= 4 is 21.6 Å². The molecule has 0 saturated carbocycles. The first-order valence-corrected chi connectivity index (χ1v) is 6.59. The molecule has 1 aromatic rings. The van der Waals surface area contributed by atoms with Crippen LogP contribution < -0.4 is 4.90 Å². The summed E-state index contributed by atoms with van der Waals surface area (Å²) in [5, 5.41) is 8.82. The van der Waals surface area contributed by atoms with Crippen molar-refractivity contribution in [1.29, 1.82) is 5.26 Å². The first kappa shape index (κ1) is 12.4. The fraction of sp³-hybridized carbons (Fsp3) is 0.462. The van der Waals surface area contributed by atoms with Crippen molar-refractivity contribution in [3.63, 3.8) is 0 Å². The summed E-state index contributed by atoms with van der Waals surface area (Å²) in [7, 11) is 0. The molecule has 0 amide bonds. The highest BCUT2D eigenvalue weighted by Crippen LogP contribution is 2.32. The van der Waals surface area contributed by atoms with Gasteiger partial charge < -0.3 is 4.90 Å².